The van der Waals surface area contributed by atoms with Crippen LogP contribution in [-0.4, -0.2) is 28.2 Å². The number of fused-ring (bicyclic) bond motifs is 1. The molecule has 1 aliphatic heterocycles. The van der Waals surface area contributed by atoms with Gasteiger partial charge in [-0.25, -0.2) is 13.1 Å². The number of para-hydroxylation sites is 1. The van der Waals surface area contributed by atoms with Gasteiger partial charge in [0.1, 0.15) is 6.61 Å². The maximum absolute atomic E-state index is 12.6. The van der Waals surface area contributed by atoms with E-state index in [9.17, 15) is 8.42 Å². The minimum atomic E-state index is -3.54. The highest BCUT2D eigenvalue weighted by molar-refractivity contribution is 7.89. The van der Waals surface area contributed by atoms with E-state index >= 15 is 0 Å². The normalized spacial score (nSPS) is 17.4. The summed E-state index contributed by atoms with van der Waals surface area (Å²) >= 11 is 1.48. The maximum atomic E-state index is 12.6. The third-order valence-electron chi connectivity index (χ3n) is 3.78. The Labute approximate surface area is 140 Å². The fourth-order valence-electron chi connectivity index (χ4n) is 2.79. The van der Waals surface area contributed by atoms with Crippen LogP contribution < -0.4 is 14.2 Å². The van der Waals surface area contributed by atoms with Gasteiger partial charge in [-0.1, -0.05) is 12.1 Å². The van der Waals surface area contributed by atoms with Crippen LogP contribution in [0.2, 0.25) is 0 Å². The van der Waals surface area contributed by atoms with E-state index in [1.54, 1.807) is 13.2 Å². The molecule has 3 rings (SSSR count). The van der Waals surface area contributed by atoms with Crippen LogP contribution >= 0.6 is 11.3 Å². The van der Waals surface area contributed by atoms with Crippen molar-refractivity contribution in [3.05, 3.63) is 39.6 Å². The standard InChI is InChI=1S/C16H19NO4S2/c1-10-7-15(11(2)22-10)23(18,19)17-13-8-12-5-4-6-14(20-3)16(12)21-9-13/h4-7,13,17H,8-9H2,1-3H3. The van der Waals surface area contributed by atoms with Crippen molar-refractivity contribution in [1.29, 1.82) is 0 Å². The number of nitrogens with one attached hydrogen (secondary N) is 1. The van der Waals surface area contributed by atoms with Crippen molar-refractivity contribution in [3.63, 3.8) is 0 Å². The molecular weight excluding hydrogens is 334 g/mol. The number of benzene rings is 1. The van der Waals surface area contributed by atoms with Gasteiger partial charge < -0.3 is 9.47 Å². The molecule has 0 saturated heterocycles. The van der Waals surface area contributed by atoms with Crippen molar-refractivity contribution < 1.29 is 17.9 Å². The van der Waals surface area contributed by atoms with Crippen molar-refractivity contribution in [2.45, 2.75) is 31.2 Å². The molecule has 0 bridgehead atoms. The highest BCUT2D eigenvalue weighted by Gasteiger charge is 2.28. The molecular formula is C16H19NO4S2. The largest absolute Gasteiger partial charge is 0.493 e. The fraction of sp³-hybridized carbons (Fsp3) is 0.375. The minimum absolute atomic E-state index is 0.286. The summed E-state index contributed by atoms with van der Waals surface area (Å²) in [7, 11) is -1.95. The summed E-state index contributed by atoms with van der Waals surface area (Å²) in [5, 5.41) is 0. The Hall–Kier alpha value is -1.57. The van der Waals surface area contributed by atoms with Crippen molar-refractivity contribution in [2.75, 3.05) is 13.7 Å². The first kappa shape index (κ1) is 16.3. The van der Waals surface area contributed by atoms with Crippen molar-refractivity contribution in [3.8, 4) is 11.5 Å². The molecule has 0 spiro atoms. The molecule has 0 saturated carbocycles. The van der Waals surface area contributed by atoms with Gasteiger partial charge in [0, 0.05) is 9.75 Å². The first-order valence-corrected chi connectivity index (χ1v) is 9.58. The minimum Gasteiger partial charge on any atom is -0.493 e. The highest BCUT2D eigenvalue weighted by Crippen LogP contribution is 2.35. The van der Waals surface area contributed by atoms with Gasteiger partial charge in [-0.2, -0.15) is 0 Å². The van der Waals surface area contributed by atoms with Crippen molar-refractivity contribution >= 4 is 21.4 Å². The second-order valence-corrected chi connectivity index (χ2v) is 8.70. The van der Waals surface area contributed by atoms with Crippen LogP contribution in [0.5, 0.6) is 11.5 Å². The van der Waals surface area contributed by atoms with Crippen LogP contribution in [-0.2, 0) is 16.4 Å². The SMILES string of the molecule is COc1cccc2c1OCC(NS(=O)(=O)c1cc(C)sc1C)C2. The molecule has 0 aliphatic carbocycles. The van der Waals surface area contributed by atoms with Gasteiger partial charge >= 0.3 is 0 Å². The fourth-order valence-corrected chi connectivity index (χ4v) is 5.56. The van der Waals surface area contributed by atoms with Crippen molar-refractivity contribution in [1.82, 2.24) is 4.72 Å². The molecule has 1 aromatic carbocycles. The molecule has 1 aromatic heterocycles. The molecule has 5 nitrogen and oxygen atoms in total. The van der Waals surface area contributed by atoms with Gasteiger partial charge in [0.25, 0.3) is 0 Å². The van der Waals surface area contributed by atoms with E-state index in [0.717, 1.165) is 15.3 Å². The summed E-state index contributed by atoms with van der Waals surface area (Å²) in [6.45, 7) is 4.02. The van der Waals surface area contributed by atoms with E-state index in [1.165, 1.54) is 11.3 Å². The lowest BCUT2D eigenvalue weighted by atomic mass is 10.0. The van der Waals surface area contributed by atoms with Crippen LogP contribution in [0.1, 0.15) is 15.3 Å². The molecule has 2 heterocycles. The number of hydrogen-bond acceptors (Lipinski definition) is 5. The van der Waals surface area contributed by atoms with Gasteiger partial charge in [0.15, 0.2) is 11.5 Å². The molecule has 0 amide bonds. The summed E-state index contributed by atoms with van der Waals surface area (Å²) in [6.07, 6.45) is 0.577. The molecule has 1 unspecified atom stereocenters. The Bertz CT molecular complexity index is 827. The van der Waals surface area contributed by atoms with Gasteiger partial charge in [0.2, 0.25) is 10.0 Å². The van der Waals surface area contributed by atoms with E-state index in [2.05, 4.69) is 4.72 Å². The number of thiophene rings is 1. The molecule has 2 aromatic rings. The van der Waals surface area contributed by atoms with Crippen LogP contribution in [0.25, 0.3) is 0 Å². The average molecular weight is 353 g/mol. The molecule has 1 N–H and O–H groups in total. The third kappa shape index (κ3) is 3.22. The van der Waals surface area contributed by atoms with Crippen LogP contribution in [0.3, 0.4) is 0 Å². The topological polar surface area (TPSA) is 64.6 Å². The van der Waals surface area contributed by atoms with Crippen molar-refractivity contribution in [2.24, 2.45) is 0 Å². The summed E-state index contributed by atoms with van der Waals surface area (Å²) in [5.41, 5.74) is 0.946. The predicted molar refractivity (Wildman–Crippen MR) is 90.1 cm³/mol. The first-order valence-electron chi connectivity index (χ1n) is 7.29. The van der Waals surface area contributed by atoms with E-state index in [0.29, 0.717) is 22.8 Å². The quantitative estimate of drug-likeness (QED) is 0.918. The average Bonchev–Trinajstić information content (AvgIpc) is 2.85. The molecule has 124 valence electrons. The molecule has 1 atom stereocenters. The van der Waals surface area contributed by atoms with Gasteiger partial charge in [-0.3, -0.25) is 0 Å². The lowest BCUT2D eigenvalue weighted by molar-refractivity contribution is 0.240. The maximum Gasteiger partial charge on any atom is 0.242 e. The Morgan fingerprint density at radius 3 is 2.78 bits per heavy atom. The second-order valence-electron chi connectivity index (χ2n) is 5.56. The zero-order valence-corrected chi connectivity index (χ0v) is 14.9. The summed E-state index contributed by atoms with van der Waals surface area (Å²) < 4.78 is 38.9. The first-order chi connectivity index (χ1) is 10.9. The molecule has 1 aliphatic rings. The summed E-state index contributed by atoms with van der Waals surface area (Å²) in [5.74, 6) is 1.38. The lowest BCUT2D eigenvalue weighted by Crippen LogP contribution is -2.42. The zero-order chi connectivity index (χ0) is 16.6. The number of hydrogen-bond donors (Lipinski definition) is 1. The van der Waals surface area contributed by atoms with E-state index in [-0.39, 0.29) is 12.6 Å². The van der Waals surface area contributed by atoms with Crippen LogP contribution in [0.4, 0.5) is 0 Å². The second kappa shape index (κ2) is 6.14. The molecule has 7 heteroatoms. The van der Waals surface area contributed by atoms with Gasteiger partial charge in [-0.05, 0) is 38.0 Å². The predicted octanol–water partition coefficient (Wildman–Crippen LogP) is 2.66. The smallest absolute Gasteiger partial charge is 0.242 e. The number of sulfonamides is 1. The Balaban J connectivity index is 1.81. The zero-order valence-electron chi connectivity index (χ0n) is 13.3. The van der Waals surface area contributed by atoms with Gasteiger partial charge in [-0.15, -0.1) is 11.3 Å². The lowest BCUT2D eigenvalue weighted by Gasteiger charge is -2.27. The highest BCUT2D eigenvalue weighted by atomic mass is 32.2. The third-order valence-corrected chi connectivity index (χ3v) is 6.52. The Morgan fingerprint density at radius 1 is 1.35 bits per heavy atom. The number of methoxy groups -OCH3 is 1. The van der Waals surface area contributed by atoms with Crippen LogP contribution in [0.15, 0.2) is 29.2 Å². The van der Waals surface area contributed by atoms with E-state index in [1.807, 2.05) is 32.0 Å². The number of ether oxygens (including phenoxy) is 2. The summed E-state index contributed by atoms with van der Waals surface area (Å²) in [6, 6.07) is 7.06. The molecule has 0 radical (unpaired) electrons. The van der Waals surface area contributed by atoms with E-state index in [4.69, 9.17) is 9.47 Å². The molecule has 0 fully saturated rings. The van der Waals surface area contributed by atoms with E-state index < -0.39 is 10.0 Å². The number of rotatable bonds is 4. The van der Waals surface area contributed by atoms with Crippen LogP contribution in [0, 0.1) is 13.8 Å². The van der Waals surface area contributed by atoms with Gasteiger partial charge in [0.05, 0.1) is 18.0 Å². The number of aryl methyl sites for hydroxylation is 2. The molecule has 23 heavy (non-hydrogen) atoms. The summed E-state index contributed by atoms with van der Waals surface area (Å²) in [4.78, 5) is 2.14. The Kier molecular flexibility index (Phi) is 4.35. The Morgan fingerprint density at radius 2 is 2.13 bits per heavy atom. The monoisotopic (exact) mass is 353 g/mol.